The van der Waals surface area contributed by atoms with Gasteiger partial charge in [-0.1, -0.05) is 36.4 Å². The van der Waals surface area contributed by atoms with Crippen molar-refractivity contribution in [3.8, 4) is 0 Å². The molecule has 5 heteroatoms. The number of aryl methyl sites for hydroxylation is 2. The molecule has 0 radical (unpaired) electrons. The third-order valence-electron chi connectivity index (χ3n) is 5.83. The molecule has 0 saturated carbocycles. The van der Waals surface area contributed by atoms with E-state index in [1.807, 2.05) is 24.4 Å². The first-order valence-corrected chi connectivity index (χ1v) is 10.2. The lowest BCUT2D eigenvalue weighted by Gasteiger charge is -2.29. The molecule has 1 atom stereocenters. The first kappa shape index (κ1) is 19.2. The lowest BCUT2D eigenvalue weighted by molar-refractivity contribution is -0.153. The van der Waals surface area contributed by atoms with Gasteiger partial charge in [-0.2, -0.15) is 0 Å². The molecule has 1 aliphatic rings. The summed E-state index contributed by atoms with van der Waals surface area (Å²) >= 11 is 0. The Hall–Kier alpha value is -3.08. The summed E-state index contributed by atoms with van der Waals surface area (Å²) in [6, 6.07) is 14.6. The van der Waals surface area contributed by atoms with E-state index in [4.69, 9.17) is 4.74 Å². The van der Waals surface area contributed by atoms with Gasteiger partial charge in [0.25, 0.3) is 6.47 Å². The molecule has 1 unspecified atom stereocenters. The van der Waals surface area contributed by atoms with Crippen molar-refractivity contribution in [1.82, 2.24) is 9.88 Å². The summed E-state index contributed by atoms with van der Waals surface area (Å²) < 4.78 is 5.36. The van der Waals surface area contributed by atoms with Crippen LogP contribution < -0.4 is 0 Å². The lowest BCUT2D eigenvalue weighted by Crippen LogP contribution is -2.43. The number of nitrogens with one attached hydrogen (secondary N) is 1. The first-order chi connectivity index (χ1) is 14.2. The van der Waals surface area contributed by atoms with Crippen LogP contribution in [0, 0.1) is 0 Å². The number of fused-ring (bicyclic) bond motifs is 2. The number of H-pyrrole nitrogens is 1. The van der Waals surface area contributed by atoms with Crippen LogP contribution in [0.4, 0.5) is 0 Å². The topological polar surface area (TPSA) is 62.4 Å². The van der Waals surface area contributed by atoms with E-state index in [2.05, 4.69) is 29.2 Å². The molecule has 150 valence electrons. The third-order valence-corrected chi connectivity index (χ3v) is 5.83. The van der Waals surface area contributed by atoms with E-state index in [1.165, 1.54) is 24.5 Å². The van der Waals surface area contributed by atoms with Crippen molar-refractivity contribution in [2.24, 2.45) is 0 Å². The zero-order chi connectivity index (χ0) is 20.2. The monoisotopic (exact) mass is 390 g/mol. The van der Waals surface area contributed by atoms with E-state index >= 15 is 0 Å². The number of nitrogens with zero attached hydrogens (tertiary/aromatic N) is 1. The maximum Gasteiger partial charge on any atom is 0.295 e. The third kappa shape index (κ3) is 4.19. The van der Waals surface area contributed by atoms with Crippen LogP contribution >= 0.6 is 0 Å². The molecule has 1 aromatic heterocycles. The summed E-state index contributed by atoms with van der Waals surface area (Å²) in [4.78, 5) is 28.5. The molecular formula is C24H26N2O3. The highest BCUT2D eigenvalue weighted by atomic mass is 16.5. The van der Waals surface area contributed by atoms with Gasteiger partial charge in [-0.15, -0.1) is 0 Å². The number of ether oxygens (including phenoxy) is 1. The number of carbonyl (C=O) groups excluding carboxylic acids is 2. The van der Waals surface area contributed by atoms with Crippen molar-refractivity contribution in [2.75, 3.05) is 6.54 Å². The van der Waals surface area contributed by atoms with Crippen LogP contribution in [0.15, 0.2) is 48.7 Å². The Labute approximate surface area is 170 Å². The number of para-hydroxylation sites is 1. The Bertz CT molecular complexity index is 1020. The molecular weight excluding hydrogens is 364 g/mol. The van der Waals surface area contributed by atoms with Crippen molar-refractivity contribution in [2.45, 2.75) is 45.3 Å². The molecule has 1 aliphatic carbocycles. The molecule has 1 amide bonds. The van der Waals surface area contributed by atoms with Crippen LogP contribution in [0.5, 0.6) is 0 Å². The Kier molecular flexibility index (Phi) is 5.65. The minimum atomic E-state index is -0.602. The van der Waals surface area contributed by atoms with E-state index in [1.54, 1.807) is 4.90 Å². The quantitative estimate of drug-likeness (QED) is 0.470. The molecule has 0 fully saturated rings. The van der Waals surface area contributed by atoms with Crippen molar-refractivity contribution in [3.63, 3.8) is 0 Å². The summed E-state index contributed by atoms with van der Waals surface area (Å²) in [7, 11) is 0. The van der Waals surface area contributed by atoms with E-state index in [0.29, 0.717) is 25.9 Å². The lowest BCUT2D eigenvalue weighted by atomic mass is 10.0. The molecule has 1 heterocycles. The average molecular weight is 390 g/mol. The zero-order valence-corrected chi connectivity index (χ0v) is 16.7. The van der Waals surface area contributed by atoms with Gasteiger partial charge >= 0.3 is 0 Å². The van der Waals surface area contributed by atoms with Crippen LogP contribution in [0.25, 0.3) is 10.9 Å². The number of hydrogen-bond donors (Lipinski definition) is 1. The molecule has 4 rings (SSSR count). The second kappa shape index (κ2) is 8.52. The van der Waals surface area contributed by atoms with Crippen molar-refractivity contribution in [3.05, 3.63) is 70.9 Å². The zero-order valence-electron chi connectivity index (χ0n) is 16.7. The number of benzene rings is 2. The second-order valence-electron chi connectivity index (χ2n) is 7.67. The molecule has 1 N–H and O–H groups in total. The van der Waals surface area contributed by atoms with E-state index < -0.39 is 6.23 Å². The summed E-state index contributed by atoms with van der Waals surface area (Å²) in [5.41, 5.74) is 6.10. The molecule has 3 aromatic rings. The van der Waals surface area contributed by atoms with Crippen molar-refractivity contribution in [1.29, 1.82) is 0 Å². The van der Waals surface area contributed by atoms with Crippen LogP contribution in [-0.4, -0.2) is 35.0 Å². The van der Waals surface area contributed by atoms with Crippen molar-refractivity contribution >= 4 is 23.3 Å². The van der Waals surface area contributed by atoms with E-state index in [0.717, 1.165) is 34.9 Å². The molecule has 0 saturated heterocycles. The van der Waals surface area contributed by atoms with Gasteiger partial charge in [0.15, 0.2) is 6.23 Å². The molecule has 2 aromatic carbocycles. The Balaban J connectivity index is 1.51. The fourth-order valence-corrected chi connectivity index (χ4v) is 4.33. The Morgan fingerprint density at radius 3 is 2.86 bits per heavy atom. The van der Waals surface area contributed by atoms with Gasteiger partial charge in [0.05, 0.1) is 0 Å². The van der Waals surface area contributed by atoms with E-state index in [-0.39, 0.29) is 5.91 Å². The van der Waals surface area contributed by atoms with Gasteiger partial charge < -0.3 is 14.6 Å². The molecule has 5 nitrogen and oxygen atoms in total. The standard InChI is InChI=1S/C24H26N2O3/c1-17(28)26(12-11-21-15-25-23-8-3-2-7-22(21)23)24(29-16-27)14-18-9-10-19-5-4-6-20(19)13-18/h2-3,7-10,13,15-16,24-25H,4-6,11-12,14H2,1H3. The number of amides is 1. The molecule has 0 bridgehead atoms. The maximum atomic E-state index is 12.4. The highest BCUT2D eigenvalue weighted by Gasteiger charge is 2.24. The van der Waals surface area contributed by atoms with Gasteiger partial charge in [0, 0.05) is 37.0 Å². The van der Waals surface area contributed by atoms with Crippen LogP contribution in [0.1, 0.15) is 35.6 Å². The predicted octanol–water partition coefficient (Wildman–Crippen LogP) is 3.79. The summed E-state index contributed by atoms with van der Waals surface area (Å²) in [5, 5.41) is 1.16. The highest BCUT2D eigenvalue weighted by Crippen LogP contribution is 2.24. The highest BCUT2D eigenvalue weighted by molar-refractivity contribution is 5.83. The summed E-state index contributed by atoms with van der Waals surface area (Å²) in [6.07, 6.45) is 5.99. The van der Waals surface area contributed by atoms with Gasteiger partial charge in [-0.05, 0) is 54.0 Å². The SMILES string of the molecule is CC(=O)N(CCc1c[nH]c2ccccc12)C(Cc1ccc2c(c1)CCC2)OC=O. The Morgan fingerprint density at radius 2 is 2.03 bits per heavy atom. The van der Waals surface area contributed by atoms with Crippen LogP contribution in [0.3, 0.4) is 0 Å². The van der Waals surface area contributed by atoms with Gasteiger partial charge in [-0.3, -0.25) is 9.59 Å². The number of rotatable bonds is 8. The van der Waals surface area contributed by atoms with Crippen LogP contribution in [-0.2, 0) is 40.0 Å². The molecule has 29 heavy (non-hydrogen) atoms. The normalized spacial score (nSPS) is 13.8. The average Bonchev–Trinajstić information content (AvgIpc) is 3.34. The van der Waals surface area contributed by atoms with Gasteiger partial charge in [0.2, 0.25) is 5.91 Å². The maximum absolute atomic E-state index is 12.4. The smallest absolute Gasteiger partial charge is 0.295 e. The number of hydrogen-bond acceptors (Lipinski definition) is 3. The largest absolute Gasteiger partial charge is 0.443 e. The second-order valence-corrected chi connectivity index (χ2v) is 7.67. The van der Waals surface area contributed by atoms with Crippen molar-refractivity contribution < 1.29 is 14.3 Å². The fourth-order valence-electron chi connectivity index (χ4n) is 4.33. The van der Waals surface area contributed by atoms with Crippen LogP contribution in [0.2, 0.25) is 0 Å². The van der Waals surface area contributed by atoms with Gasteiger partial charge in [-0.25, -0.2) is 0 Å². The van der Waals surface area contributed by atoms with Gasteiger partial charge in [0.1, 0.15) is 0 Å². The molecule has 0 aliphatic heterocycles. The number of carbonyl (C=O) groups is 2. The minimum absolute atomic E-state index is 0.0992. The fraction of sp³-hybridized carbons (Fsp3) is 0.333. The molecule has 0 spiro atoms. The number of aromatic nitrogens is 1. The first-order valence-electron chi connectivity index (χ1n) is 10.2. The minimum Gasteiger partial charge on any atom is -0.443 e. The Morgan fingerprint density at radius 1 is 1.21 bits per heavy atom. The number of aromatic amines is 1. The summed E-state index contributed by atoms with van der Waals surface area (Å²) in [5.74, 6) is -0.0992. The van der Waals surface area contributed by atoms with E-state index in [9.17, 15) is 9.59 Å². The summed E-state index contributed by atoms with van der Waals surface area (Å²) in [6.45, 7) is 2.46. The predicted molar refractivity (Wildman–Crippen MR) is 112 cm³/mol.